The number of carbonyl (C=O) groups excluding carboxylic acids is 1. The molecular weight excluding hydrogens is 328 g/mol. The van der Waals surface area contributed by atoms with E-state index in [-0.39, 0.29) is 24.4 Å². The van der Waals surface area contributed by atoms with E-state index in [2.05, 4.69) is 5.32 Å². The molecule has 5 heteroatoms. The molecule has 1 aromatic rings. The summed E-state index contributed by atoms with van der Waals surface area (Å²) in [5.74, 6) is 0.508. The van der Waals surface area contributed by atoms with Crippen LogP contribution in [0, 0.1) is 17.8 Å². The predicted octanol–water partition coefficient (Wildman–Crippen LogP) is 1.61. The Hall–Kier alpha value is -1.43. The Morgan fingerprint density at radius 1 is 1.23 bits per heavy atom. The van der Waals surface area contributed by atoms with Gasteiger partial charge in [-0.15, -0.1) is 0 Å². The molecule has 0 bridgehead atoms. The molecule has 6 atom stereocenters. The fraction of sp³-hybridized carbons (Fsp3) is 0.667. The standard InChI is InChI=1S/C21H32N2O3/c22-13-17(24)11-16(10-14-6-2-1-3-7-14)21(26)23-20-18-9-5-4-8-15(18)12-19(20)25/h1-3,6-7,15-20,24-25H,4-5,8-13,22H2,(H,23,26)/t15?,16-,17+,18?,19-,20+/m1/s1. The fourth-order valence-electron chi connectivity index (χ4n) is 4.84. The van der Waals surface area contributed by atoms with Crippen LogP contribution in [0.4, 0.5) is 0 Å². The molecule has 2 unspecified atom stereocenters. The highest BCUT2D eigenvalue weighted by atomic mass is 16.3. The minimum atomic E-state index is -0.689. The third-order valence-electron chi connectivity index (χ3n) is 6.22. The van der Waals surface area contributed by atoms with Gasteiger partial charge in [0, 0.05) is 12.5 Å². The van der Waals surface area contributed by atoms with E-state index >= 15 is 0 Å². The van der Waals surface area contributed by atoms with Gasteiger partial charge in [-0.1, -0.05) is 49.6 Å². The van der Waals surface area contributed by atoms with Crippen molar-refractivity contribution in [3.05, 3.63) is 35.9 Å². The average Bonchev–Trinajstić information content (AvgIpc) is 2.97. The molecule has 0 aliphatic heterocycles. The summed E-state index contributed by atoms with van der Waals surface area (Å²) in [5.41, 5.74) is 6.63. The molecule has 0 heterocycles. The Morgan fingerprint density at radius 2 is 1.96 bits per heavy atom. The summed E-state index contributed by atoms with van der Waals surface area (Å²) in [6.45, 7) is 0.148. The van der Waals surface area contributed by atoms with Crippen LogP contribution >= 0.6 is 0 Å². The normalized spacial score (nSPS) is 30.4. The molecule has 144 valence electrons. The van der Waals surface area contributed by atoms with E-state index in [9.17, 15) is 15.0 Å². The van der Waals surface area contributed by atoms with Gasteiger partial charge in [-0.3, -0.25) is 4.79 Å². The maximum atomic E-state index is 13.0. The molecule has 0 aromatic heterocycles. The monoisotopic (exact) mass is 360 g/mol. The molecule has 2 fully saturated rings. The van der Waals surface area contributed by atoms with E-state index in [1.54, 1.807) is 0 Å². The summed E-state index contributed by atoms with van der Waals surface area (Å²) in [5, 5.41) is 23.6. The van der Waals surface area contributed by atoms with Crippen molar-refractivity contribution in [3.63, 3.8) is 0 Å². The van der Waals surface area contributed by atoms with Crippen LogP contribution in [0.15, 0.2) is 30.3 Å². The van der Waals surface area contributed by atoms with E-state index in [1.165, 1.54) is 12.8 Å². The number of amides is 1. The first-order chi connectivity index (χ1) is 12.6. The van der Waals surface area contributed by atoms with Crippen molar-refractivity contribution < 1.29 is 15.0 Å². The van der Waals surface area contributed by atoms with Crippen molar-refractivity contribution in [3.8, 4) is 0 Å². The molecule has 0 saturated heterocycles. The third kappa shape index (κ3) is 4.64. The van der Waals surface area contributed by atoms with E-state index in [4.69, 9.17) is 5.73 Å². The highest BCUT2D eigenvalue weighted by Crippen LogP contribution is 2.42. The Morgan fingerprint density at radius 3 is 2.69 bits per heavy atom. The first-order valence-corrected chi connectivity index (χ1v) is 9.99. The van der Waals surface area contributed by atoms with Crippen molar-refractivity contribution in [2.75, 3.05) is 6.54 Å². The minimum absolute atomic E-state index is 0.0726. The van der Waals surface area contributed by atoms with Crippen LogP contribution in [-0.2, 0) is 11.2 Å². The smallest absolute Gasteiger partial charge is 0.223 e. The Kier molecular flexibility index (Phi) is 6.68. The van der Waals surface area contributed by atoms with Gasteiger partial charge in [0.15, 0.2) is 0 Å². The summed E-state index contributed by atoms with van der Waals surface area (Å²) < 4.78 is 0. The molecule has 2 saturated carbocycles. The highest BCUT2D eigenvalue weighted by Gasteiger charge is 2.44. The van der Waals surface area contributed by atoms with Crippen LogP contribution in [0.3, 0.4) is 0 Å². The molecule has 0 spiro atoms. The summed E-state index contributed by atoms with van der Waals surface area (Å²) in [6, 6.07) is 9.70. The van der Waals surface area contributed by atoms with Crippen LogP contribution < -0.4 is 11.1 Å². The lowest BCUT2D eigenvalue weighted by Gasteiger charge is -2.31. The zero-order valence-corrected chi connectivity index (χ0v) is 15.4. The maximum absolute atomic E-state index is 13.0. The number of nitrogens with one attached hydrogen (secondary N) is 1. The number of rotatable bonds is 7. The number of carbonyl (C=O) groups is 1. The van der Waals surface area contributed by atoms with Crippen LogP contribution in [0.25, 0.3) is 0 Å². The van der Waals surface area contributed by atoms with Crippen molar-refractivity contribution in [1.82, 2.24) is 5.32 Å². The summed E-state index contributed by atoms with van der Waals surface area (Å²) >= 11 is 0. The van der Waals surface area contributed by atoms with Crippen LogP contribution in [0.1, 0.15) is 44.1 Å². The molecule has 1 amide bonds. The van der Waals surface area contributed by atoms with Gasteiger partial charge in [0.05, 0.1) is 18.2 Å². The largest absolute Gasteiger partial charge is 0.392 e. The van der Waals surface area contributed by atoms with Gasteiger partial charge in [-0.2, -0.15) is 0 Å². The van der Waals surface area contributed by atoms with E-state index in [0.29, 0.717) is 24.7 Å². The molecule has 5 N–H and O–H groups in total. The van der Waals surface area contributed by atoms with Crippen molar-refractivity contribution >= 4 is 5.91 Å². The Labute approximate surface area is 156 Å². The predicted molar refractivity (Wildman–Crippen MR) is 101 cm³/mol. The second-order valence-electron chi connectivity index (χ2n) is 8.06. The van der Waals surface area contributed by atoms with Gasteiger partial charge < -0.3 is 21.3 Å². The molecule has 0 radical (unpaired) electrons. The van der Waals surface area contributed by atoms with Gasteiger partial charge in [0.2, 0.25) is 5.91 Å². The molecule has 2 aliphatic carbocycles. The molecule has 5 nitrogen and oxygen atoms in total. The number of fused-ring (bicyclic) bond motifs is 1. The van der Waals surface area contributed by atoms with Crippen molar-refractivity contribution in [1.29, 1.82) is 0 Å². The number of hydrogen-bond acceptors (Lipinski definition) is 4. The van der Waals surface area contributed by atoms with Gasteiger partial charge >= 0.3 is 0 Å². The number of hydrogen-bond donors (Lipinski definition) is 4. The third-order valence-corrected chi connectivity index (χ3v) is 6.22. The van der Waals surface area contributed by atoms with E-state index in [1.807, 2.05) is 30.3 Å². The number of nitrogens with two attached hydrogens (primary N) is 1. The number of aliphatic hydroxyl groups is 2. The van der Waals surface area contributed by atoms with Gasteiger partial charge in [-0.05, 0) is 43.1 Å². The lowest BCUT2D eigenvalue weighted by atomic mass is 9.80. The van der Waals surface area contributed by atoms with Gasteiger partial charge in [0.25, 0.3) is 0 Å². The lowest BCUT2D eigenvalue weighted by Crippen LogP contribution is -2.48. The van der Waals surface area contributed by atoms with Gasteiger partial charge in [-0.25, -0.2) is 0 Å². The molecule has 26 heavy (non-hydrogen) atoms. The van der Waals surface area contributed by atoms with E-state index in [0.717, 1.165) is 24.8 Å². The fourth-order valence-corrected chi connectivity index (χ4v) is 4.84. The van der Waals surface area contributed by atoms with E-state index < -0.39 is 12.2 Å². The first kappa shape index (κ1) is 19.3. The SMILES string of the molecule is NC[C@@H](O)C[C@@H](Cc1ccccc1)C(=O)N[C@H]1C2CCCCC2C[C@H]1O. The van der Waals surface area contributed by atoms with Gasteiger partial charge in [0.1, 0.15) is 0 Å². The first-order valence-electron chi connectivity index (χ1n) is 9.99. The Bertz CT molecular complexity index is 580. The van der Waals surface area contributed by atoms with Crippen LogP contribution in [0.5, 0.6) is 0 Å². The molecule has 1 aromatic carbocycles. The van der Waals surface area contributed by atoms with Crippen molar-refractivity contribution in [2.45, 2.75) is 63.2 Å². The Balaban J connectivity index is 1.68. The highest BCUT2D eigenvalue weighted by molar-refractivity contribution is 5.79. The molecule has 3 rings (SSSR count). The second-order valence-corrected chi connectivity index (χ2v) is 8.06. The number of benzene rings is 1. The van der Waals surface area contributed by atoms with Crippen LogP contribution in [0.2, 0.25) is 0 Å². The van der Waals surface area contributed by atoms with Crippen molar-refractivity contribution in [2.24, 2.45) is 23.5 Å². The zero-order valence-electron chi connectivity index (χ0n) is 15.4. The summed E-state index contributed by atoms with van der Waals surface area (Å²) in [7, 11) is 0. The minimum Gasteiger partial charge on any atom is -0.392 e. The van der Waals surface area contributed by atoms with Crippen LogP contribution in [-0.4, -0.2) is 40.9 Å². The quantitative estimate of drug-likeness (QED) is 0.594. The lowest BCUT2D eigenvalue weighted by molar-refractivity contribution is -0.127. The second kappa shape index (κ2) is 8.98. The average molecular weight is 360 g/mol. The topological polar surface area (TPSA) is 95.6 Å². The molecular formula is C21H32N2O3. The summed E-state index contributed by atoms with van der Waals surface area (Å²) in [4.78, 5) is 13.0. The summed E-state index contributed by atoms with van der Waals surface area (Å²) in [6.07, 6.45) is 5.22. The zero-order chi connectivity index (χ0) is 18.5. The number of aliphatic hydroxyl groups excluding tert-OH is 2. The maximum Gasteiger partial charge on any atom is 0.223 e. The molecule has 2 aliphatic rings.